The van der Waals surface area contributed by atoms with Gasteiger partial charge in [-0.1, -0.05) is 26.7 Å². The third-order valence-corrected chi connectivity index (χ3v) is 3.54. The summed E-state index contributed by atoms with van der Waals surface area (Å²) in [5.41, 5.74) is 0. The molecule has 0 saturated heterocycles. The average Bonchev–Trinajstić information content (AvgIpc) is 2.13. The van der Waals surface area contributed by atoms with Gasteiger partial charge in [-0.2, -0.15) is 0 Å². The Kier molecular flexibility index (Phi) is 4.20. The van der Waals surface area contributed by atoms with Crippen molar-refractivity contribution in [3.63, 3.8) is 0 Å². The first-order chi connectivity index (χ1) is 6.19. The predicted octanol–water partition coefficient (Wildman–Crippen LogP) is 1.94. The van der Waals surface area contributed by atoms with Crippen LogP contribution in [0.1, 0.15) is 46.0 Å². The summed E-state index contributed by atoms with van der Waals surface area (Å²) >= 11 is 0. The van der Waals surface area contributed by atoms with Gasteiger partial charge in [0.2, 0.25) is 0 Å². The SMILES string of the molecule is CCC(CC)[C@H]1CCC(O)C(O)C1. The van der Waals surface area contributed by atoms with E-state index in [4.69, 9.17) is 0 Å². The van der Waals surface area contributed by atoms with E-state index in [9.17, 15) is 10.2 Å². The minimum atomic E-state index is -0.473. The molecule has 2 unspecified atom stereocenters. The van der Waals surface area contributed by atoms with Crippen LogP contribution >= 0.6 is 0 Å². The zero-order chi connectivity index (χ0) is 9.84. The lowest BCUT2D eigenvalue weighted by Gasteiger charge is -2.34. The first kappa shape index (κ1) is 11.0. The lowest BCUT2D eigenvalue weighted by Crippen LogP contribution is -2.35. The van der Waals surface area contributed by atoms with E-state index >= 15 is 0 Å². The Morgan fingerprint density at radius 3 is 2.15 bits per heavy atom. The van der Waals surface area contributed by atoms with Gasteiger partial charge in [0, 0.05) is 0 Å². The highest BCUT2D eigenvalue weighted by Gasteiger charge is 2.30. The smallest absolute Gasteiger partial charge is 0.0801 e. The molecule has 0 spiro atoms. The molecule has 1 rings (SSSR count). The van der Waals surface area contributed by atoms with E-state index in [0.29, 0.717) is 5.92 Å². The highest BCUT2D eigenvalue weighted by molar-refractivity contribution is 4.82. The molecule has 13 heavy (non-hydrogen) atoms. The van der Waals surface area contributed by atoms with Crippen LogP contribution in [0.3, 0.4) is 0 Å². The molecule has 0 amide bonds. The Morgan fingerprint density at radius 2 is 1.69 bits per heavy atom. The van der Waals surface area contributed by atoms with Crippen molar-refractivity contribution in [3.05, 3.63) is 0 Å². The third-order valence-electron chi connectivity index (χ3n) is 3.54. The minimum absolute atomic E-state index is 0.467. The third kappa shape index (κ3) is 2.68. The van der Waals surface area contributed by atoms with Crippen molar-refractivity contribution in [1.82, 2.24) is 0 Å². The Hall–Kier alpha value is -0.0800. The largest absolute Gasteiger partial charge is 0.390 e. The van der Waals surface area contributed by atoms with E-state index in [1.807, 2.05) is 0 Å². The summed E-state index contributed by atoms with van der Waals surface area (Å²) < 4.78 is 0. The minimum Gasteiger partial charge on any atom is -0.390 e. The van der Waals surface area contributed by atoms with Crippen LogP contribution < -0.4 is 0 Å². The van der Waals surface area contributed by atoms with Gasteiger partial charge in [-0.15, -0.1) is 0 Å². The van der Waals surface area contributed by atoms with Crippen LogP contribution in [0.25, 0.3) is 0 Å². The van der Waals surface area contributed by atoms with Crippen LogP contribution in [-0.2, 0) is 0 Å². The van der Waals surface area contributed by atoms with Crippen LogP contribution in [0, 0.1) is 11.8 Å². The maximum atomic E-state index is 9.54. The van der Waals surface area contributed by atoms with E-state index in [0.717, 1.165) is 25.2 Å². The second-order valence-corrected chi connectivity index (χ2v) is 4.28. The molecule has 1 saturated carbocycles. The number of aliphatic hydroxyl groups is 2. The molecular weight excluding hydrogens is 164 g/mol. The zero-order valence-corrected chi connectivity index (χ0v) is 8.74. The fourth-order valence-corrected chi connectivity index (χ4v) is 2.55. The van der Waals surface area contributed by atoms with Gasteiger partial charge in [-0.3, -0.25) is 0 Å². The molecule has 0 bridgehead atoms. The molecule has 0 aromatic carbocycles. The molecular formula is C11H22O2. The van der Waals surface area contributed by atoms with Crippen molar-refractivity contribution >= 4 is 0 Å². The van der Waals surface area contributed by atoms with Crippen LogP contribution in [0.15, 0.2) is 0 Å². The normalized spacial score (nSPS) is 35.3. The molecule has 0 heterocycles. The summed E-state index contributed by atoms with van der Waals surface area (Å²) in [7, 11) is 0. The van der Waals surface area contributed by atoms with Crippen LogP contribution in [-0.4, -0.2) is 22.4 Å². The van der Waals surface area contributed by atoms with Crippen molar-refractivity contribution in [3.8, 4) is 0 Å². The first-order valence-corrected chi connectivity index (χ1v) is 5.55. The summed E-state index contributed by atoms with van der Waals surface area (Å²) in [6.07, 6.45) is 4.12. The zero-order valence-electron chi connectivity index (χ0n) is 8.74. The second kappa shape index (κ2) is 4.97. The van der Waals surface area contributed by atoms with Gasteiger partial charge in [0.05, 0.1) is 12.2 Å². The lowest BCUT2D eigenvalue weighted by molar-refractivity contribution is -0.0353. The Labute approximate surface area is 81.0 Å². The van der Waals surface area contributed by atoms with E-state index < -0.39 is 12.2 Å². The summed E-state index contributed by atoms with van der Waals surface area (Å²) in [4.78, 5) is 0. The predicted molar refractivity (Wildman–Crippen MR) is 53.4 cm³/mol. The van der Waals surface area contributed by atoms with E-state index in [1.54, 1.807) is 0 Å². The van der Waals surface area contributed by atoms with Gasteiger partial charge in [-0.05, 0) is 31.1 Å². The van der Waals surface area contributed by atoms with Crippen molar-refractivity contribution in [1.29, 1.82) is 0 Å². The standard InChI is InChI=1S/C11H22O2/c1-3-8(4-2)9-5-6-10(12)11(13)7-9/h8-13H,3-7H2,1-2H3/t9-,10?,11?/m0/s1. The Morgan fingerprint density at radius 1 is 1.08 bits per heavy atom. The molecule has 0 radical (unpaired) electrons. The molecule has 2 nitrogen and oxygen atoms in total. The molecule has 1 aliphatic rings. The molecule has 3 atom stereocenters. The fraction of sp³-hybridized carbons (Fsp3) is 1.00. The van der Waals surface area contributed by atoms with Gasteiger partial charge in [0.1, 0.15) is 0 Å². The fourth-order valence-electron chi connectivity index (χ4n) is 2.55. The van der Waals surface area contributed by atoms with Gasteiger partial charge in [0.15, 0.2) is 0 Å². The average molecular weight is 186 g/mol. The number of rotatable bonds is 3. The number of hydrogen-bond acceptors (Lipinski definition) is 2. The highest BCUT2D eigenvalue weighted by Crippen LogP contribution is 2.33. The summed E-state index contributed by atoms with van der Waals surface area (Å²) in [5.74, 6) is 1.37. The lowest BCUT2D eigenvalue weighted by atomic mass is 9.76. The Bertz CT molecular complexity index is 143. The van der Waals surface area contributed by atoms with E-state index in [-0.39, 0.29) is 0 Å². The topological polar surface area (TPSA) is 40.5 Å². The second-order valence-electron chi connectivity index (χ2n) is 4.28. The van der Waals surface area contributed by atoms with Gasteiger partial charge < -0.3 is 10.2 Å². The summed E-state index contributed by atoms with van der Waals surface area (Å²) in [5, 5.41) is 18.9. The highest BCUT2D eigenvalue weighted by atomic mass is 16.3. The van der Waals surface area contributed by atoms with Crippen molar-refractivity contribution < 1.29 is 10.2 Å². The first-order valence-electron chi connectivity index (χ1n) is 5.55. The van der Waals surface area contributed by atoms with Gasteiger partial charge in [-0.25, -0.2) is 0 Å². The molecule has 0 aromatic rings. The molecule has 0 aromatic heterocycles. The molecule has 0 aliphatic heterocycles. The molecule has 2 N–H and O–H groups in total. The summed E-state index contributed by atoms with van der Waals surface area (Å²) in [6, 6.07) is 0. The van der Waals surface area contributed by atoms with Crippen LogP contribution in [0.2, 0.25) is 0 Å². The quantitative estimate of drug-likeness (QED) is 0.707. The molecule has 78 valence electrons. The Balaban J connectivity index is 2.44. The number of hydrogen-bond donors (Lipinski definition) is 2. The van der Waals surface area contributed by atoms with Crippen molar-refractivity contribution in [2.45, 2.75) is 58.2 Å². The van der Waals surface area contributed by atoms with Crippen molar-refractivity contribution in [2.24, 2.45) is 11.8 Å². The summed E-state index contributed by atoms with van der Waals surface area (Å²) in [6.45, 7) is 4.43. The molecule has 1 fully saturated rings. The van der Waals surface area contributed by atoms with E-state index in [2.05, 4.69) is 13.8 Å². The molecule has 1 aliphatic carbocycles. The van der Waals surface area contributed by atoms with Crippen LogP contribution in [0.4, 0.5) is 0 Å². The van der Waals surface area contributed by atoms with Crippen LogP contribution in [0.5, 0.6) is 0 Å². The maximum Gasteiger partial charge on any atom is 0.0801 e. The van der Waals surface area contributed by atoms with E-state index in [1.165, 1.54) is 12.8 Å². The van der Waals surface area contributed by atoms with Gasteiger partial charge >= 0.3 is 0 Å². The molecule has 2 heteroatoms. The van der Waals surface area contributed by atoms with Crippen molar-refractivity contribution in [2.75, 3.05) is 0 Å². The maximum absolute atomic E-state index is 9.54. The van der Waals surface area contributed by atoms with Gasteiger partial charge in [0.25, 0.3) is 0 Å². The number of aliphatic hydroxyl groups excluding tert-OH is 2. The monoisotopic (exact) mass is 186 g/mol.